The van der Waals surface area contributed by atoms with Crippen molar-refractivity contribution >= 4 is 17.9 Å². The van der Waals surface area contributed by atoms with Gasteiger partial charge in [-0.25, -0.2) is 0 Å². The first kappa shape index (κ1) is 69.3. The number of esters is 3. The van der Waals surface area contributed by atoms with Crippen molar-refractivity contribution in [1.82, 2.24) is 0 Å². The van der Waals surface area contributed by atoms with Crippen LogP contribution in [-0.2, 0) is 28.6 Å². The van der Waals surface area contributed by atoms with Gasteiger partial charge < -0.3 is 14.2 Å². The Kier molecular flexibility index (Phi) is 57.8. The van der Waals surface area contributed by atoms with Crippen molar-refractivity contribution in [3.8, 4) is 0 Å². The van der Waals surface area contributed by atoms with Gasteiger partial charge in [0.25, 0.3) is 0 Å². The summed E-state index contributed by atoms with van der Waals surface area (Å²) in [6.45, 7) is 6.52. The lowest BCUT2D eigenvalue weighted by atomic mass is 10.0. The summed E-state index contributed by atoms with van der Waals surface area (Å²) in [4.78, 5) is 38.2. The van der Waals surface area contributed by atoms with Crippen LogP contribution in [0.3, 0.4) is 0 Å². The lowest BCUT2D eigenvalue weighted by Crippen LogP contribution is -2.30. The van der Waals surface area contributed by atoms with Crippen molar-refractivity contribution in [2.24, 2.45) is 0 Å². The van der Waals surface area contributed by atoms with Gasteiger partial charge in [-0.1, -0.05) is 272 Å². The Hall–Kier alpha value is -3.67. The topological polar surface area (TPSA) is 78.9 Å². The summed E-state index contributed by atoms with van der Waals surface area (Å²) in [7, 11) is 0. The Labute approximate surface area is 451 Å². The van der Waals surface area contributed by atoms with Crippen molar-refractivity contribution in [3.63, 3.8) is 0 Å². The van der Waals surface area contributed by atoms with Gasteiger partial charge in [0.1, 0.15) is 13.2 Å². The summed E-state index contributed by atoms with van der Waals surface area (Å²) in [5, 5.41) is 0. The van der Waals surface area contributed by atoms with E-state index >= 15 is 0 Å². The normalized spacial score (nSPS) is 12.8. The van der Waals surface area contributed by atoms with E-state index in [0.717, 1.165) is 70.6 Å². The quantitative estimate of drug-likeness (QED) is 0.0261. The molecule has 0 aromatic heterocycles. The van der Waals surface area contributed by atoms with Gasteiger partial charge in [0.2, 0.25) is 0 Å². The summed E-state index contributed by atoms with van der Waals surface area (Å²) < 4.78 is 16.8. The molecule has 0 spiro atoms. The largest absolute Gasteiger partial charge is 0.462 e. The van der Waals surface area contributed by atoms with Crippen LogP contribution >= 0.6 is 0 Å². The van der Waals surface area contributed by atoms with E-state index < -0.39 is 6.10 Å². The maximum absolute atomic E-state index is 12.9. The molecule has 418 valence electrons. The Bertz CT molecular complexity index is 1440. The van der Waals surface area contributed by atoms with E-state index in [9.17, 15) is 14.4 Å². The molecule has 0 aliphatic rings. The number of carbonyl (C=O) groups excluding carboxylic acids is 3. The maximum atomic E-state index is 12.9. The molecule has 1 atom stereocenters. The first-order valence-electron chi connectivity index (χ1n) is 30.7. The van der Waals surface area contributed by atoms with E-state index in [1.807, 2.05) is 0 Å². The second-order valence-electron chi connectivity index (χ2n) is 20.3. The molecule has 0 fully saturated rings. The number of rotatable bonds is 55. The molecule has 0 saturated heterocycles. The van der Waals surface area contributed by atoms with E-state index in [1.165, 1.54) is 167 Å². The molecule has 0 aromatic carbocycles. The molecule has 0 aliphatic heterocycles. The second kappa shape index (κ2) is 60.9. The van der Waals surface area contributed by atoms with Crippen LogP contribution in [0.5, 0.6) is 0 Å². The standard InChI is InChI=1S/C67H114O6/c1-4-7-10-13-16-19-22-25-28-31-32-33-34-37-39-42-45-48-51-54-57-60-66(69)72-63-64(73-67(70)61-58-55-52-49-46-43-40-36-30-27-24-21-18-15-12-9-6-3)62-71-65(68)59-56-53-50-47-44-41-38-35-29-26-23-20-17-14-11-8-5-2/h17-18,20-21,26-27,29-30,38,40-41,43,47,49-50,52,64H,4-16,19,22-25,28,31-37,39,42,44-46,48,51,53-63H2,1-3H3/b20-17-,21-18-,29-26-,30-27-,41-38-,43-40-,50-47-,52-49-/t64-/m1/s1. The highest BCUT2D eigenvalue weighted by molar-refractivity contribution is 5.71. The van der Waals surface area contributed by atoms with Crippen LogP contribution in [0.25, 0.3) is 0 Å². The predicted octanol–water partition coefficient (Wildman–Crippen LogP) is 20.9. The van der Waals surface area contributed by atoms with Crippen LogP contribution in [0.4, 0.5) is 0 Å². The molecule has 0 N–H and O–H groups in total. The number of ether oxygens (including phenoxy) is 3. The molecule has 0 saturated carbocycles. The lowest BCUT2D eigenvalue weighted by Gasteiger charge is -2.18. The molecule has 0 heterocycles. The van der Waals surface area contributed by atoms with Crippen molar-refractivity contribution in [3.05, 3.63) is 97.2 Å². The Balaban J connectivity index is 4.49. The molecule has 0 radical (unpaired) electrons. The third kappa shape index (κ3) is 59.1. The van der Waals surface area contributed by atoms with E-state index in [4.69, 9.17) is 14.2 Å². The number of unbranched alkanes of at least 4 members (excludes halogenated alkanes) is 28. The molecule has 0 aromatic rings. The zero-order chi connectivity index (χ0) is 52.9. The Morgan fingerprint density at radius 3 is 0.822 bits per heavy atom. The fraction of sp³-hybridized carbons (Fsp3) is 0.716. The number of hydrogen-bond donors (Lipinski definition) is 0. The molecule has 73 heavy (non-hydrogen) atoms. The summed E-state index contributed by atoms with van der Waals surface area (Å²) in [6.07, 6.45) is 81.3. The summed E-state index contributed by atoms with van der Waals surface area (Å²) in [5.41, 5.74) is 0. The SMILES string of the molecule is CCCCC/C=C\C/C=C\C/C=C\C/C=C\CCCC(=O)OC[C@H](COC(=O)CCCCCCCCCCCCCCCCCCCCCCC)OC(=O)CCC/C=C\C/C=C\C/C=C\C/C=C\CCCCC. The van der Waals surface area contributed by atoms with Crippen LogP contribution < -0.4 is 0 Å². The Morgan fingerprint density at radius 2 is 0.507 bits per heavy atom. The van der Waals surface area contributed by atoms with Crippen molar-refractivity contribution in [2.45, 2.75) is 297 Å². The zero-order valence-corrected chi connectivity index (χ0v) is 47.9. The first-order chi connectivity index (χ1) is 36.0. The monoisotopic (exact) mass is 1010 g/mol. The van der Waals surface area contributed by atoms with Crippen LogP contribution in [0.1, 0.15) is 290 Å². The zero-order valence-electron chi connectivity index (χ0n) is 47.9. The highest BCUT2D eigenvalue weighted by Crippen LogP contribution is 2.16. The van der Waals surface area contributed by atoms with Gasteiger partial charge >= 0.3 is 17.9 Å². The van der Waals surface area contributed by atoms with Crippen LogP contribution in [0.15, 0.2) is 97.2 Å². The van der Waals surface area contributed by atoms with Crippen LogP contribution in [-0.4, -0.2) is 37.2 Å². The van der Waals surface area contributed by atoms with Gasteiger partial charge in [0.05, 0.1) is 0 Å². The minimum atomic E-state index is -0.829. The highest BCUT2D eigenvalue weighted by atomic mass is 16.6. The van der Waals surface area contributed by atoms with Gasteiger partial charge in [-0.3, -0.25) is 14.4 Å². The molecule has 6 nitrogen and oxygen atoms in total. The predicted molar refractivity (Wildman–Crippen MR) is 316 cm³/mol. The van der Waals surface area contributed by atoms with E-state index in [2.05, 4.69) is 118 Å². The number of carbonyl (C=O) groups is 3. The molecule has 0 amide bonds. The van der Waals surface area contributed by atoms with Gasteiger partial charge in [0.15, 0.2) is 6.10 Å². The van der Waals surface area contributed by atoms with Gasteiger partial charge in [-0.2, -0.15) is 0 Å². The van der Waals surface area contributed by atoms with Gasteiger partial charge in [0, 0.05) is 19.3 Å². The second-order valence-corrected chi connectivity index (χ2v) is 20.3. The summed E-state index contributed by atoms with van der Waals surface area (Å²) >= 11 is 0. The smallest absolute Gasteiger partial charge is 0.306 e. The fourth-order valence-electron chi connectivity index (χ4n) is 8.43. The summed E-state index contributed by atoms with van der Waals surface area (Å²) in [5.74, 6) is -1.02. The highest BCUT2D eigenvalue weighted by Gasteiger charge is 2.19. The van der Waals surface area contributed by atoms with Crippen molar-refractivity contribution < 1.29 is 28.6 Å². The fourth-order valence-corrected chi connectivity index (χ4v) is 8.43. The summed E-state index contributed by atoms with van der Waals surface area (Å²) in [6, 6.07) is 0. The minimum Gasteiger partial charge on any atom is -0.462 e. The maximum Gasteiger partial charge on any atom is 0.306 e. The van der Waals surface area contributed by atoms with Gasteiger partial charge in [-0.15, -0.1) is 0 Å². The third-order valence-corrected chi connectivity index (χ3v) is 13.1. The molecule has 6 heteroatoms. The minimum absolute atomic E-state index is 0.115. The van der Waals surface area contributed by atoms with Crippen molar-refractivity contribution in [1.29, 1.82) is 0 Å². The third-order valence-electron chi connectivity index (χ3n) is 13.1. The average Bonchev–Trinajstić information content (AvgIpc) is 3.39. The van der Waals surface area contributed by atoms with Crippen LogP contribution in [0, 0.1) is 0 Å². The van der Waals surface area contributed by atoms with Gasteiger partial charge in [-0.05, 0) is 96.3 Å². The average molecular weight is 1020 g/mol. The van der Waals surface area contributed by atoms with Crippen molar-refractivity contribution in [2.75, 3.05) is 13.2 Å². The van der Waals surface area contributed by atoms with E-state index in [-0.39, 0.29) is 44.0 Å². The molecular weight excluding hydrogens is 901 g/mol. The van der Waals surface area contributed by atoms with E-state index in [1.54, 1.807) is 0 Å². The van der Waals surface area contributed by atoms with Crippen LogP contribution in [0.2, 0.25) is 0 Å². The number of allylic oxidation sites excluding steroid dienone is 16. The molecule has 0 aliphatic carbocycles. The number of hydrogen-bond acceptors (Lipinski definition) is 6. The molecule has 0 bridgehead atoms. The Morgan fingerprint density at radius 1 is 0.274 bits per heavy atom. The van der Waals surface area contributed by atoms with E-state index in [0.29, 0.717) is 19.3 Å². The molecule has 0 unspecified atom stereocenters. The first-order valence-corrected chi connectivity index (χ1v) is 30.7. The molecular formula is C67H114O6. The molecule has 0 rings (SSSR count). The lowest BCUT2D eigenvalue weighted by molar-refractivity contribution is -0.167.